The number of nitrogens with one attached hydrogen (secondary N) is 1. The van der Waals surface area contributed by atoms with E-state index in [9.17, 15) is 14.4 Å². The summed E-state index contributed by atoms with van der Waals surface area (Å²) in [4.78, 5) is 26.6. The highest BCUT2D eigenvalue weighted by Crippen LogP contribution is 2.30. The van der Waals surface area contributed by atoms with E-state index in [2.05, 4.69) is 21.3 Å². The smallest absolute Gasteiger partial charge is 0.410 e. The molecule has 3 aromatic heterocycles. The number of carbonyl (C=O) groups is 1. The maximum atomic E-state index is 13.4. The molecule has 0 radical (unpaired) electrons. The maximum Gasteiger partial charge on any atom is 0.410 e. The largest absolute Gasteiger partial charge is 0.444 e. The molecular weight excluding hydrogens is 543 g/mol. The normalized spacial score (nSPS) is 13.9. The minimum Gasteiger partial charge on any atom is -0.444 e. The Balaban J connectivity index is 1.36. The van der Waals surface area contributed by atoms with Gasteiger partial charge >= 0.3 is 6.09 Å². The maximum absolute atomic E-state index is 13.4. The van der Waals surface area contributed by atoms with Crippen molar-refractivity contribution in [2.75, 3.05) is 36.4 Å². The number of nitrogens with zero attached hydrogens (tertiary/aromatic N) is 7. The van der Waals surface area contributed by atoms with Crippen molar-refractivity contribution in [2.24, 2.45) is 0 Å². The van der Waals surface area contributed by atoms with Gasteiger partial charge in [-0.2, -0.15) is 10.4 Å². The van der Waals surface area contributed by atoms with Gasteiger partial charge in [-0.1, -0.05) is 6.92 Å². The number of amides is 1. The number of piperazine rings is 1. The van der Waals surface area contributed by atoms with E-state index >= 15 is 0 Å². The molecule has 0 aliphatic carbocycles. The van der Waals surface area contributed by atoms with Crippen LogP contribution in [0.3, 0.4) is 0 Å². The number of benzene rings is 1. The molecule has 5 rings (SSSR count). The molecule has 1 fully saturated rings. The summed E-state index contributed by atoms with van der Waals surface area (Å²) in [7, 11) is 0. The summed E-state index contributed by atoms with van der Waals surface area (Å²) in [6.45, 7) is 12.4. The van der Waals surface area contributed by atoms with E-state index in [-0.39, 0.29) is 11.9 Å². The minimum absolute atomic E-state index is 0.295. The van der Waals surface area contributed by atoms with Crippen LogP contribution in [0.1, 0.15) is 49.0 Å². The van der Waals surface area contributed by atoms with E-state index < -0.39 is 5.60 Å². The summed E-state index contributed by atoms with van der Waals surface area (Å²) in [6.07, 6.45) is 0.410. The van der Waals surface area contributed by atoms with E-state index in [1.807, 2.05) is 45.2 Å². The molecule has 1 N–H and O–H groups in total. The van der Waals surface area contributed by atoms with Crippen LogP contribution in [0, 0.1) is 24.1 Å². The Bertz CT molecular complexity index is 1610. The van der Waals surface area contributed by atoms with Crippen molar-refractivity contribution < 1.29 is 13.9 Å². The molecule has 0 saturated carbocycles. The number of halogens is 1. The number of ether oxygens (including phenoxy) is 1. The molecule has 0 bridgehead atoms. The average Bonchev–Trinajstić information content (AvgIpc) is 3.52. The molecule has 0 unspecified atom stereocenters. The number of aromatic nitrogens is 4. The van der Waals surface area contributed by atoms with Crippen molar-refractivity contribution in [3.8, 4) is 17.3 Å². The summed E-state index contributed by atoms with van der Waals surface area (Å²) < 4.78 is 20.8. The van der Waals surface area contributed by atoms with Crippen LogP contribution in [0.25, 0.3) is 16.9 Å². The molecule has 0 atom stereocenters. The van der Waals surface area contributed by atoms with Crippen LogP contribution < -0.4 is 10.2 Å². The Labute approximate surface area is 242 Å². The molecule has 0 spiro atoms. The number of nitriles is 1. The highest BCUT2D eigenvalue weighted by Gasteiger charge is 2.27. The zero-order valence-corrected chi connectivity index (χ0v) is 24.7. The Morgan fingerprint density at radius 1 is 1.17 bits per heavy atom. The molecule has 4 aromatic rings. The van der Waals surface area contributed by atoms with Gasteiger partial charge in [0, 0.05) is 43.5 Å². The van der Waals surface area contributed by atoms with E-state index in [1.54, 1.807) is 17.0 Å². The summed E-state index contributed by atoms with van der Waals surface area (Å²) in [5.41, 5.74) is 4.07. The number of hydrogen-bond acceptors (Lipinski definition) is 9. The predicted molar refractivity (Wildman–Crippen MR) is 157 cm³/mol. The van der Waals surface area contributed by atoms with Gasteiger partial charge in [-0.15, -0.1) is 11.3 Å². The predicted octanol–water partition coefficient (Wildman–Crippen LogP) is 5.40. The Morgan fingerprint density at radius 3 is 2.51 bits per heavy atom. The van der Waals surface area contributed by atoms with Gasteiger partial charge in [0.1, 0.15) is 38.9 Å². The van der Waals surface area contributed by atoms with Crippen molar-refractivity contribution in [1.29, 1.82) is 5.26 Å². The fourth-order valence-electron chi connectivity index (χ4n) is 4.71. The van der Waals surface area contributed by atoms with Crippen LogP contribution in [0.4, 0.5) is 20.7 Å². The number of thiazole rings is 1. The SMILES string of the molecule is CCc1nn2c(C)cc(N3CCN(C(=O)OC(C)(C)C)CC3)nc2c1NCc1nc(-c2ccc(F)cc2)c(C#N)s1. The highest BCUT2D eigenvalue weighted by atomic mass is 32.1. The zero-order valence-electron chi connectivity index (χ0n) is 23.9. The Hall–Kier alpha value is -4.24. The minimum atomic E-state index is -0.530. The van der Waals surface area contributed by atoms with Crippen molar-refractivity contribution >= 4 is 34.6 Å². The van der Waals surface area contributed by atoms with E-state index in [0.717, 1.165) is 27.9 Å². The second-order valence-corrected chi connectivity index (χ2v) is 12.0. The highest BCUT2D eigenvalue weighted by molar-refractivity contribution is 7.12. The molecule has 1 aliphatic rings. The first kappa shape index (κ1) is 28.3. The first-order valence-corrected chi connectivity index (χ1v) is 14.4. The Morgan fingerprint density at radius 2 is 1.88 bits per heavy atom. The molecule has 4 heterocycles. The van der Waals surface area contributed by atoms with Crippen LogP contribution >= 0.6 is 11.3 Å². The van der Waals surface area contributed by atoms with Gasteiger partial charge in [0.05, 0.1) is 17.9 Å². The van der Waals surface area contributed by atoms with Crippen molar-refractivity contribution in [2.45, 2.75) is 53.2 Å². The van der Waals surface area contributed by atoms with Crippen LogP contribution in [0.15, 0.2) is 30.3 Å². The molecule has 12 heteroatoms. The lowest BCUT2D eigenvalue weighted by Gasteiger charge is -2.36. The third-order valence-electron chi connectivity index (χ3n) is 6.72. The number of aryl methyl sites for hydroxylation is 2. The van der Waals surface area contributed by atoms with Crippen LogP contribution in [-0.4, -0.2) is 62.4 Å². The number of anilines is 2. The topological polar surface area (TPSA) is 112 Å². The van der Waals surface area contributed by atoms with Gasteiger partial charge in [0.25, 0.3) is 0 Å². The fraction of sp³-hybridized carbons (Fsp3) is 0.414. The fourth-order valence-corrected chi connectivity index (χ4v) is 5.53. The molecule has 1 aliphatic heterocycles. The molecule has 1 aromatic carbocycles. The lowest BCUT2D eigenvalue weighted by Crippen LogP contribution is -2.50. The lowest BCUT2D eigenvalue weighted by atomic mass is 10.1. The van der Waals surface area contributed by atoms with Gasteiger partial charge in [0.2, 0.25) is 0 Å². The van der Waals surface area contributed by atoms with Crippen LogP contribution in [0.2, 0.25) is 0 Å². The first-order valence-electron chi connectivity index (χ1n) is 13.6. The first-order chi connectivity index (χ1) is 19.6. The average molecular weight is 577 g/mol. The van der Waals surface area contributed by atoms with Gasteiger partial charge in [-0.05, 0) is 58.4 Å². The van der Waals surface area contributed by atoms with E-state index in [1.165, 1.54) is 23.5 Å². The molecule has 1 saturated heterocycles. The second-order valence-electron chi connectivity index (χ2n) is 10.9. The summed E-state index contributed by atoms with van der Waals surface area (Å²) in [5.74, 6) is 0.487. The van der Waals surface area contributed by atoms with Crippen molar-refractivity contribution in [3.63, 3.8) is 0 Å². The molecular formula is C29H33FN8O2S. The van der Waals surface area contributed by atoms with E-state index in [4.69, 9.17) is 14.8 Å². The number of fused-ring (bicyclic) bond motifs is 1. The van der Waals surface area contributed by atoms with Crippen molar-refractivity contribution in [3.05, 3.63) is 57.4 Å². The second kappa shape index (κ2) is 11.3. The Kier molecular flexibility index (Phi) is 7.82. The summed E-state index contributed by atoms with van der Waals surface area (Å²) >= 11 is 1.31. The van der Waals surface area contributed by atoms with Crippen molar-refractivity contribution in [1.82, 2.24) is 24.5 Å². The standard InChI is InChI=1S/C29H33FN8O2S/c1-6-21-26(32-17-24-34-25(22(16-31)41-24)19-7-9-20(30)10-8-19)27-33-23(15-18(2)38(27)35-21)36-11-13-37(14-12-36)28(39)40-29(3,4)5/h7-10,15,32H,6,11-14,17H2,1-5H3. The van der Waals surface area contributed by atoms with Gasteiger partial charge < -0.3 is 19.9 Å². The summed E-state index contributed by atoms with van der Waals surface area (Å²) in [6, 6.07) is 10.2. The van der Waals surface area contributed by atoms with Crippen LogP contribution in [-0.2, 0) is 17.7 Å². The number of carbonyl (C=O) groups excluding carboxylic acids is 1. The molecule has 1 amide bonds. The van der Waals surface area contributed by atoms with E-state index in [0.29, 0.717) is 60.9 Å². The monoisotopic (exact) mass is 576 g/mol. The molecule has 41 heavy (non-hydrogen) atoms. The third-order valence-corrected chi connectivity index (χ3v) is 7.68. The molecule has 214 valence electrons. The van der Waals surface area contributed by atoms with Gasteiger partial charge in [0.15, 0.2) is 5.65 Å². The third kappa shape index (κ3) is 6.10. The lowest BCUT2D eigenvalue weighted by molar-refractivity contribution is 0.0240. The van der Waals surface area contributed by atoms with Crippen LogP contribution in [0.5, 0.6) is 0 Å². The number of hydrogen-bond donors (Lipinski definition) is 1. The molecule has 10 nitrogen and oxygen atoms in total. The van der Waals surface area contributed by atoms with Gasteiger partial charge in [-0.25, -0.2) is 23.7 Å². The van der Waals surface area contributed by atoms with Gasteiger partial charge in [-0.3, -0.25) is 0 Å². The summed E-state index contributed by atoms with van der Waals surface area (Å²) in [5, 5.41) is 18.7. The zero-order chi connectivity index (χ0) is 29.3. The number of rotatable bonds is 6. The quantitative estimate of drug-likeness (QED) is 0.325.